The number of rotatable bonds is 25. The van der Waals surface area contributed by atoms with E-state index in [0.29, 0.717) is 31.6 Å². The molecule has 0 saturated carbocycles. The predicted octanol–water partition coefficient (Wildman–Crippen LogP) is -5.32. The number of amides is 6. The van der Waals surface area contributed by atoms with Crippen molar-refractivity contribution in [3.8, 4) is 0 Å². The van der Waals surface area contributed by atoms with Crippen LogP contribution in [0.2, 0.25) is 0 Å². The quantitative estimate of drug-likeness (QED) is 0.0235. The number of carboxylic acid groups (broad SMARTS) is 2. The van der Waals surface area contributed by atoms with Crippen LogP contribution >= 0.6 is 11.8 Å². The van der Waals surface area contributed by atoms with Gasteiger partial charge < -0.3 is 47.8 Å². The Kier molecular flexibility index (Phi) is 20.8. The lowest BCUT2D eigenvalue weighted by Crippen LogP contribution is -2.78. The summed E-state index contributed by atoms with van der Waals surface area (Å²) < 4.78 is 0. The van der Waals surface area contributed by atoms with Crippen LogP contribution in [0.1, 0.15) is 78.1 Å². The molecular weight excluding hydrogens is 716 g/mol. The minimum atomic E-state index is -1.43. The summed E-state index contributed by atoms with van der Waals surface area (Å²) in [5.74, 6) is -6.34. The van der Waals surface area contributed by atoms with Gasteiger partial charge in [-0.05, 0) is 62.9 Å². The van der Waals surface area contributed by atoms with E-state index < -0.39 is 90.1 Å². The van der Waals surface area contributed by atoms with Crippen LogP contribution in [0.25, 0.3) is 0 Å². The van der Waals surface area contributed by atoms with Gasteiger partial charge >= 0.3 is 17.9 Å². The van der Waals surface area contributed by atoms with Crippen LogP contribution in [0.4, 0.5) is 0 Å². The molecule has 1 saturated heterocycles. The van der Waals surface area contributed by atoms with Gasteiger partial charge in [-0.15, -0.1) is 0 Å². The Labute approximate surface area is 312 Å². The van der Waals surface area contributed by atoms with E-state index >= 15 is 0 Å². The molecule has 1 aliphatic heterocycles. The lowest BCUT2D eigenvalue weighted by molar-refractivity contribution is -0.463. The monoisotopic (exact) mass is 774 g/mol. The van der Waals surface area contributed by atoms with Gasteiger partial charge in [0.05, 0.1) is 6.54 Å². The first-order valence-electron chi connectivity index (χ1n) is 17.6. The summed E-state index contributed by atoms with van der Waals surface area (Å²) in [6.45, 7) is 4.13. The third-order valence-electron chi connectivity index (χ3n) is 8.41. The molecule has 1 fully saturated rings. The minimum absolute atomic E-state index is 0.0263. The maximum atomic E-state index is 13.8. The average Bonchev–Trinajstić information content (AvgIpc) is 3.57. The number of thioether (sulfide) groups is 1. The highest BCUT2D eigenvalue weighted by Crippen LogP contribution is 2.21. The average molecular weight is 775 g/mol. The summed E-state index contributed by atoms with van der Waals surface area (Å²) in [4.78, 5) is 106. The fourth-order valence-corrected chi connectivity index (χ4v) is 6.07. The van der Waals surface area contributed by atoms with Crippen molar-refractivity contribution in [2.24, 2.45) is 23.1 Å². The van der Waals surface area contributed by atoms with Crippen molar-refractivity contribution in [2.75, 3.05) is 25.1 Å². The number of hydrogen-bond acceptors (Lipinski definition) is 9. The van der Waals surface area contributed by atoms with E-state index in [0.717, 1.165) is 0 Å². The first-order chi connectivity index (χ1) is 24.9. The summed E-state index contributed by atoms with van der Waals surface area (Å²) in [6.07, 6.45) is 2.34. The van der Waals surface area contributed by atoms with Gasteiger partial charge in [0, 0.05) is 25.8 Å². The summed E-state index contributed by atoms with van der Waals surface area (Å²) in [5.41, 5.74) is 19.7. The van der Waals surface area contributed by atoms with Gasteiger partial charge in [-0.1, -0.05) is 13.8 Å². The van der Waals surface area contributed by atoms with Gasteiger partial charge in [0.1, 0.15) is 30.2 Å². The van der Waals surface area contributed by atoms with Gasteiger partial charge in [0.15, 0.2) is 6.04 Å². The van der Waals surface area contributed by atoms with Crippen LogP contribution in [0, 0.1) is 5.92 Å². The van der Waals surface area contributed by atoms with E-state index in [-0.39, 0.29) is 56.9 Å². The van der Waals surface area contributed by atoms with Crippen molar-refractivity contribution in [2.45, 2.75) is 114 Å². The van der Waals surface area contributed by atoms with E-state index in [1.807, 2.05) is 0 Å². The summed E-state index contributed by atoms with van der Waals surface area (Å²) in [7, 11) is 0. The number of nitrogens with one attached hydrogen (secondary N) is 5. The van der Waals surface area contributed by atoms with Gasteiger partial charge in [0.2, 0.25) is 29.5 Å². The van der Waals surface area contributed by atoms with E-state index in [9.17, 15) is 48.6 Å². The Bertz CT molecular complexity index is 1330. The SMILES string of the molecule is CSCC[C@H](NC(=O)[C@@H]1CCCN1C(=O)[C@H](CCC(=O)O)NC(=O)[C@@H]([NH3+])CCC[NH+]=C(N)N)C(=O)N[C@@H](CC(C)C)C(=O)N[C@@H](CCC(N)=O)C(=O)O. The molecule has 0 aliphatic carbocycles. The molecule has 16 N–H and O–H groups in total. The lowest BCUT2D eigenvalue weighted by atomic mass is 10.0. The second-order valence-electron chi connectivity index (χ2n) is 13.3. The number of quaternary nitrogens is 1. The molecule has 0 bridgehead atoms. The largest absolute Gasteiger partial charge is 0.481 e. The highest BCUT2D eigenvalue weighted by Gasteiger charge is 2.40. The van der Waals surface area contributed by atoms with E-state index in [4.69, 9.17) is 17.2 Å². The second-order valence-corrected chi connectivity index (χ2v) is 14.3. The summed E-state index contributed by atoms with van der Waals surface area (Å²) in [6, 6.07) is -6.83. The Morgan fingerprint density at radius 2 is 1.43 bits per heavy atom. The molecule has 300 valence electrons. The fraction of sp³-hybridized carbons (Fsp3) is 0.719. The van der Waals surface area contributed by atoms with Crippen molar-refractivity contribution < 1.29 is 59.3 Å². The zero-order valence-electron chi connectivity index (χ0n) is 30.7. The fourth-order valence-electron chi connectivity index (χ4n) is 5.59. The predicted molar refractivity (Wildman–Crippen MR) is 193 cm³/mol. The van der Waals surface area contributed by atoms with Crippen LogP contribution in [0.15, 0.2) is 0 Å². The Balaban J connectivity index is 3.15. The van der Waals surface area contributed by atoms with Crippen LogP contribution in [0.3, 0.4) is 0 Å². The molecule has 1 rings (SSSR count). The zero-order valence-corrected chi connectivity index (χ0v) is 31.5. The van der Waals surface area contributed by atoms with Crippen LogP contribution in [-0.2, 0) is 38.4 Å². The number of likely N-dealkylation sites (tertiary alicyclic amines) is 1. The normalized spacial score (nSPS) is 16.7. The van der Waals surface area contributed by atoms with Crippen LogP contribution < -0.4 is 49.2 Å². The molecule has 20 nitrogen and oxygen atoms in total. The van der Waals surface area contributed by atoms with Crippen molar-refractivity contribution in [1.29, 1.82) is 0 Å². The zero-order chi connectivity index (χ0) is 40.2. The number of nitrogens with zero attached hydrogens (tertiary/aromatic N) is 1. The molecule has 0 radical (unpaired) electrons. The summed E-state index contributed by atoms with van der Waals surface area (Å²) >= 11 is 1.41. The van der Waals surface area contributed by atoms with Gasteiger partial charge in [-0.2, -0.15) is 11.8 Å². The van der Waals surface area contributed by atoms with Crippen molar-refractivity contribution >= 4 is 65.1 Å². The molecule has 6 atom stereocenters. The number of carbonyl (C=O) groups is 8. The number of nitrogens with two attached hydrogens (primary N) is 3. The molecule has 1 heterocycles. The molecule has 0 unspecified atom stereocenters. The number of aliphatic carboxylic acids is 2. The molecule has 0 spiro atoms. The first-order valence-corrected chi connectivity index (χ1v) is 19.0. The van der Waals surface area contributed by atoms with E-state index in [1.165, 1.54) is 16.7 Å². The smallest absolute Gasteiger partial charge is 0.338 e. The molecule has 0 aromatic carbocycles. The highest BCUT2D eigenvalue weighted by atomic mass is 32.2. The summed E-state index contributed by atoms with van der Waals surface area (Å²) in [5, 5.41) is 29.1. The molecule has 0 aromatic heterocycles. The first kappa shape index (κ1) is 46.4. The van der Waals surface area contributed by atoms with E-state index in [1.54, 1.807) is 20.1 Å². The number of carbonyl (C=O) groups excluding carboxylic acids is 6. The standard InChI is InChI=1S/C32H56N10O10S/c1-17(2)16-22(28(48)40-21(31(51)52)8-10-24(34)43)41-27(47)19(12-15-53-3)38-29(49)23-7-5-14-42(23)30(50)20(9-11-25(44)45)39-26(46)18(33)6-4-13-37-32(35)36/h17-23H,4-16,33H2,1-3H3,(H2,34,43)(H,38,49)(H,39,46)(H,40,48)(H,41,47)(H,44,45)(H,51,52)(H4,35,36,37)/p+2/t18-,19-,20-,21-,22-,23-/m0/s1. The van der Waals surface area contributed by atoms with Crippen molar-refractivity contribution in [1.82, 2.24) is 26.2 Å². The molecular formula is C32H58N10O10S+2. The lowest BCUT2D eigenvalue weighted by Gasteiger charge is -2.30. The Morgan fingerprint density at radius 3 is 2.00 bits per heavy atom. The number of carboxylic acids is 2. The van der Waals surface area contributed by atoms with Gasteiger partial charge in [0.25, 0.3) is 5.91 Å². The maximum absolute atomic E-state index is 13.8. The van der Waals surface area contributed by atoms with Crippen molar-refractivity contribution in [3.05, 3.63) is 0 Å². The molecule has 0 aromatic rings. The van der Waals surface area contributed by atoms with Gasteiger partial charge in [-0.25, -0.2) is 4.79 Å². The van der Waals surface area contributed by atoms with Crippen LogP contribution in [-0.4, -0.2) is 130 Å². The Hall–Kier alpha value is -4.66. The van der Waals surface area contributed by atoms with Crippen LogP contribution in [0.5, 0.6) is 0 Å². The highest BCUT2D eigenvalue weighted by molar-refractivity contribution is 7.98. The number of guanidine groups is 1. The minimum Gasteiger partial charge on any atom is -0.481 e. The molecule has 1 aliphatic rings. The third-order valence-corrected chi connectivity index (χ3v) is 9.05. The number of hydrogen-bond donors (Lipinski definition) is 11. The topological polar surface area (TPSA) is 348 Å². The molecule has 21 heteroatoms. The number of primary amides is 1. The van der Waals surface area contributed by atoms with Crippen molar-refractivity contribution in [3.63, 3.8) is 0 Å². The third kappa shape index (κ3) is 17.6. The van der Waals surface area contributed by atoms with E-state index in [2.05, 4.69) is 32.0 Å². The van der Waals surface area contributed by atoms with Gasteiger partial charge in [-0.3, -0.25) is 50.0 Å². The molecule has 6 amide bonds. The second kappa shape index (κ2) is 23.8. The Morgan fingerprint density at radius 1 is 0.830 bits per heavy atom. The molecule has 53 heavy (non-hydrogen) atoms. The maximum Gasteiger partial charge on any atom is 0.338 e.